The summed E-state index contributed by atoms with van der Waals surface area (Å²) >= 11 is 4.72. The van der Waals surface area contributed by atoms with Crippen molar-refractivity contribution >= 4 is 23.0 Å². The van der Waals surface area contributed by atoms with Gasteiger partial charge in [-0.25, -0.2) is 9.59 Å². The lowest BCUT2D eigenvalue weighted by Gasteiger charge is -1.96. The van der Waals surface area contributed by atoms with E-state index in [2.05, 4.69) is 4.74 Å². The highest BCUT2D eigenvalue weighted by atomic mass is 35.5. The fraction of sp³-hybridized carbons (Fsp3) is 0.667. The average molecular weight is 214 g/mol. The first-order chi connectivity index (χ1) is 5.95. The van der Waals surface area contributed by atoms with Gasteiger partial charge in [-0.1, -0.05) is 0 Å². The van der Waals surface area contributed by atoms with E-state index in [9.17, 15) is 9.59 Å². The van der Waals surface area contributed by atoms with Crippen molar-refractivity contribution in [1.82, 2.24) is 0 Å². The average Bonchev–Trinajstić information content (AvgIpc) is 2.03. The number of aliphatic hydroxyl groups excluding tert-OH is 1. The molecule has 0 radical (unpaired) electrons. The molecule has 0 aromatic rings. The van der Waals surface area contributed by atoms with Crippen LogP contribution in [0.2, 0.25) is 0 Å². The number of carbonyl (C=O) groups is 2. The number of ether oxygens (including phenoxy) is 1. The molecule has 0 saturated carbocycles. The van der Waals surface area contributed by atoms with Gasteiger partial charge < -0.3 is 20.7 Å². The smallest absolute Gasteiger partial charge is 0.403 e. The van der Waals surface area contributed by atoms with Gasteiger partial charge in [-0.15, -0.1) is 0 Å². The van der Waals surface area contributed by atoms with Gasteiger partial charge in [0.1, 0.15) is 0 Å². The number of aliphatic carboxylic acids is 1. The predicted molar refractivity (Wildman–Crippen MR) is 45.6 cm³/mol. The van der Waals surface area contributed by atoms with E-state index in [4.69, 9.17) is 27.5 Å². The second-order valence-electron chi connectivity index (χ2n) is 1.76. The monoisotopic (exact) mass is 213 g/mol. The highest BCUT2D eigenvalue weighted by molar-refractivity contribution is 6.61. The summed E-state index contributed by atoms with van der Waals surface area (Å²) < 4.78 is 4.17. The van der Waals surface area contributed by atoms with Gasteiger partial charge in [0.2, 0.25) is 0 Å². The molecule has 1 unspecified atom stereocenters. The Bertz CT molecular complexity index is 163. The van der Waals surface area contributed by atoms with Crippen LogP contribution in [0.5, 0.6) is 0 Å². The van der Waals surface area contributed by atoms with Crippen LogP contribution in [-0.2, 0) is 9.53 Å². The summed E-state index contributed by atoms with van der Waals surface area (Å²) in [5.74, 6) is -1.28. The number of carboxylic acid groups (broad SMARTS) is 1. The zero-order valence-electron chi connectivity index (χ0n) is 7.07. The molecule has 0 aliphatic carbocycles. The number of carbonyl (C=O) groups excluding carboxylic acids is 1. The molecule has 0 aromatic heterocycles. The molecule has 1 atom stereocenters. The Morgan fingerprint density at radius 1 is 1.62 bits per heavy atom. The van der Waals surface area contributed by atoms with Gasteiger partial charge in [0.05, 0.1) is 6.61 Å². The molecular weight excluding hydrogens is 202 g/mol. The molecule has 6 nitrogen and oxygen atoms in total. The van der Waals surface area contributed by atoms with Crippen LogP contribution in [0, 0.1) is 0 Å². The molecule has 4 N–H and O–H groups in total. The Morgan fingerprint density at radius 3 is 2.08 bits per heavy atom. The zero-order valence-corrected chi connectivity index (χ0v) is 7.82. The van der Waals surface area contributed by atoms with Crippen LogP contribution < -0.4 is 5.73 Å². The van der Waals surface area contributed by atoms with Gasteiger partial charge in [0.15, 0.2) is 6.10 Å². The lowest BCUT2D eigenvalue weighted by molar-refractivity contribution is -0.145. The standard InChI is InChI=1S/C3H5ClO2.C3H7NO3/c1-2-6-3(4)5;4-1-2(5)3(6)7/h2H2,1H3;2,5H,1,4H2,(H,6,7). The van der Waals surface area contributed by atoms with Gasteiger partial charge in [-0.05, 0) is 6.92 Å². The van der Waals surface area contributed by atoms with Crippen LogP contribution in [0.25, 0.3) is 0 Å². The number of rotatable bonds is 3. The second-order valence-corrected chi connectivity index (χ2v) is 2.07. The molecule has 0 aliphatic heterocycles. The number of halogens is 1. The molecule has 0 amide bonds. The largest absolute Gasteiger partial charge is 0.479 e. The maximum absolute atomic E-state index is 9.60. The zero-order chi connectivity index (χ0) is 10.9. The molecule has 0 fully saturated rings. The normalized spacial score (nSPS) is 10.8. The van der Waals surface area contributed by atoms with E-state index in [0.29, 0.717) is 6.61 Å². The van der Waals surface area contributed by atoms with Crippen molar-refractivity contribution in [2.45, 2.75) is 13.0 Å². The first-order valence-corrected chi connectivity index (χ1v) is 3.76. The first-order valence-electron chi connectivity index (χ1n) is 3.38. The summed E-state index contributed by atoms with van der Waals surface area (Å²) in [6.45, 7) is 1.82. The predicted octanol–water partition coefficient (Wildman–Crippen LogP) is -0.228. The van der Waals surface area contributed by atoms with E-state index in [1.165, 1.54) is 0 Å². The summed E-state index contributed by atoms with van der Waals surface area (Å²) in [5.41, 5.74) is 4.00. The van der Waals surface area contributed by atoms with Crippen molar-refractivity contribution in [3.63, 3.8) is 0 Å². The molecule has 0 bridgehead atoms. The molecule has 0 heterocycles. The summed E-state index contributed by atoms with van der Waals surface area (Å²) in [4.78, 5) is 19.2. The lowest BCUT2D eigenvalue weighted by atomic mass is 10.4. The van der Waals surface area contributed by atoms with Crippen LogP contribution in [0.3, 0.4) is 0 Å². The first kappa shape index (κ1) is 14.7. The van der Waals surface area contributed by atoms with E-state index in [1.54, 1.807) is 6.92 Å². The molecule has 0 aromatic carbocycles. The van der Waals surface area contributed by atoms with Crippen molar-refractivity contribution in [2.24, 2.45) is 5.73 Å². The van der Waals surface area contributed by atoms with Crippen molar-refractivity contribution in [2.75, 3.05) is 13.2 Å². The Labute approximate surface area is 80.2 Å². The lowest BCUT2D eigenvalue weighted by Crippen LogP contribution is -2.28. The molecule has 78 valence electrons. The van der Waals surface area contributed by atoms with Crippen molar-refractivity contribution < 1.29 is 24.5 Å². The van der Waals surface area contributed by atoms with E-state index in [1.807, 2.05) is 0 Å². The summed E-state index contributed by atoms with van der Waals surface area (Å²) in [5, 5.41) is 16.1. The van der Waals surface area contributed by atoms with Gasteiger partial charge in [0, 0.05) is 18.1 Å². The minimum Gasteiger partial charge on any atom is -0.479 e. The molecule has 0 saturated heterocycles. The van der Waals surface area contributed by atoms with E-state index < -0.39 is 17.5 Å². The fourth-order valence-corrected chi connectivity index (χ4v) is 0.323. The van der Waals surface area contributed by atoms with Crippen LogP contribution in [-0.4, -0.2) is 40.9 Å². The molecule has 0 aliphatic rings. The third kappa shape index (κ3) is 14.1. The van der Waals surface area contributed by atoms with Crippen LogP contribution >= 0.6 is 11.6 Å². The number of hydrogen-bond donors (Lipinski definition) is 3. The Morgan fingerprint density at radius 2 is 2.08 bits per heavy atom. The number of aliphatic hydroxyl groups is 1. The molecule has 13 heavy (non-hydrogen) atoms. The summed E-state index contributed by atoms with van der Waals surface area (Å²) in [6.07, 6.45) is -1.40. The highest BCUT2D eigenvalue weighted by Crippen LogP contribution is 1.82. The minimum absolute atomic E-state index is 0.227. The van der Waals surface area contributed by atoms with Crippen LogP contribution in [0.4, 0.5) is 4.79 Å². The second kappa shape index (κ2) is 9.24. The quantitative estimate of drug-likeness (QED) is 0.559. The maximum Gasteiger partial charge on any atom is 0.403 e. The highest BCUT2D eigenvalue weighted by Gasteiger charge is 2.07. The maximum atomic E-state index is 9.60. The number of hydrogen-bond acceptors (Lipinski definition) is 5. The van der Waals surface area contributed by atoms with Gasteiger partial charge in [-0.2, -0.15) is 0 Å². The molecular formula is C6H12ClNO5. The molecule has 0 rings (SSSR count). The molecule has 7 heteroatoms. The minimum atomic E-state index is -1.40. The van der Waals surface area contributed by atoms with Crippen molar-refractivity contribution in [1.29, 1.82) is 0 Å². The third-order valence-corrected chi connectivity index (χ3v) is 0.875. The fourth-order valence-electron chi connectivity index (χ4n) is 0.214. The summed E-state index contributed by atoms with van der Waals surface area (Å²) in [7, 11) is 0. The number of nitrogens with two attached hydrogens (primary N) is 1. The Balaban J connectivity index is 0. The summed E-state index contributed by atoms with van der Waals surface area (Å²) in [6, 6.07) is 0. The Hall–Kier alpha value is -0.850. The topological polar surface area (TPSA) is 110 Å². The van der Waals surface area contributed by atoms with Gasteiger partial charge in [-0.3, -0.25) is 0 Å². The van der Waals surface area contributed by atoms with E-state index in [-0.39, 0.29) is 6.54 Å². The third-order valence-electron chi connectivity index (χ3n) is 0.766. The van der Waals surface area contributed by atoms with Crippen LogP contribution in [0.1, 0.15) is 6.92 Å². The SMILES string of the molecule is CCOC(=O)Cl.NCC(O)C(=O)O. The Kier molecular flexibility index (Phi) is 10.4. The van der Waals surface area contributed by atoms with Crippen molar-refractivity contribution in [3.05, 3.63) is 0 Å². The van der Waals surface area contributed by atoms with Crippen molar-refractivity contribution in [3.8, 4) is 0 Å². The molecule has 0 spiro atoms. The van der Waals surface area contributed by atoms with Gasteiger partial charge >= 0.3 is 11.4 Å². The van der Waals surface area contributed by atoms with E-state index in [0.717, 1.165) is 0 Å². The number of carboxylic acids is 1. The van der Waals surface area contributed by atoms with Gasteiger partial charge in [0.25, 0.3) is 0 Å². The van der Waals surface area contributed by atoms with Crippen LogP contribution in [0.15, 0.2) is 0 Å². The van der Waals surface area contributed by atoms with E-state index >= 15 is 0 Å².